The van der Waals surface area contributed by atoms with Gasteiger partial charge in [0.25, 0.3) is 5.56 Å². The van der Waals surface area contributed by atoms with E-state index in [1.54, 1.807) is 24.3 Å². The van der Waals surface area contributed by atoms with Gasteiger partial charge in [0, 0.05) is 59.6 Å². The minimum Gasteiger partial charge on any atom is -0.497 e. The Kier molecular flexibility index (Phi) is 9.31. The summed E-state index contributed by atoms with van der Waals surface area (Å²) < 4.78 is 26.1. The number of fused-ring (bicyclic) bond motifs is 3. The Morgan fingerprint density at radius 1 is 1.00 bits per heavy atom. The summed E-state index contributed by atoms with van der Waals surface area (Å²) in [6.07, 6.45) is 14.0. The fourth-order valence-electron chi connectivity index (χ4n) is 10.2. The summed E-state index contributed by atoms with van der Waals surface area (Å²) in [7, 11) is 4.12. The molecule has 2 aliphatic carbocycles. The average Bonchev–Trinajstić information content (AvgIpc) is 3.56. The molecular formula is C41H52FN5O3. The lowest BCUT2D eigenvalue weighted by molar-refractivity contribution is 0.00274. The van der Waals surface area contributed by atoms with Crippen LogP contribution in [0.3, 0.4) is 0 Å². The van der Waals surface area contributed by atoms with Gasteiger partial charge < -0.3 is 19.1 Å². The molecule has 5 heterocycles. The number of aryl methyl sites for hydroxylation is 2. The van der Waals surface area contributed by atoms with Crippen LogP contribution in [0.15, 0.2) is 45.7 Å². The smallest absolute Gasteiger partial charge is 0.256 e. The second-order valence-electron chi connectivity index (χ2n) is 15.6. The van der Waals surface area contributed by atoms with Gasteiger partial charge in [-0.3, -0.25) is 9.36 Å². The number of halogens is 1. The number of nitrogens with zero attached hydrogens (tertiary/aromatic N) is 5. The fourth-order valence-corrected chi connectivity index (χ4v) is 10.2. The van der Waals surface area contributed by atoms with E-state index < -0.39 is 0 Å². The van der Waals surface area contributed by atoms with Crippen molar-refractivity contribution in [3.63, 3.8) is 0 Å². The lowest BCUT2D eigenvalue weighted by atomic mass is 9.52. The zero-order valence-corrected chi connectivity index (χ0v) is 30.1. The Bertz CT molecular complexity index is 1910. The quantitative estimate of drug-likeness (QED) is 0.225. The Morgan fingerprint density at radius 3 is 2.70 bits per heavy atom. The molecule has 0 N–H and O–H groups in total. The largest absolute Gasteiger partial charge is 0.497 e. The number of likely N-dealkylation sites (tertiary alicyclic amines) is 2. The number of methoxy groups -OCH3 is 1. The number of benzene rings is 2. The van der Waals surface area contributed by atoms with Crippen molar-refractivity contribution in [3.05, 3.63) is 86.5 Å². The zero-order valence-electron chi connectivity index (χ0n) is 30.1. The number of piperidine rings is 2. The SMILES string of the molecule is COc1ccc2c(c1)[C@]13CCCC[C@@H]1[C@H](C2)N(C)CC3.Cc1nc2n(c(=O)c1CCN1CCC(c3noc4cc(F)ccc34)CC1)CCCC2. The van der Waals surface area contributed by atoms with E-state index in [4.69, 9.17) is 14.2 Å². The lowest BCUT2D eigenvalue weighted by Gasteiger charge is -2.58. The monoisotopic (exact) mass is 681 g/mol. The number of rotatable bonds is 5. The maximum absolute atomic E-state index is 13.4. The van der Waals surface area contributed by atoms with E-state index in [0.29, 0.717) is 16.9 Å². The molecule has 3 aliphatic heterocycles. The summed E-state index contributed by atoms with van der Waals surface area (Å²) in [6.45, 7) is 6.82. The minimum absolute atomic E-state index is 0.161. The van der Waals surface area contributed by atoms with Crippen molar-refractivity contribution in [1.82, 2.24) is 24.5 Å². The highest BCUT2D eigenvalue weighted by atomic mass is 19.1. The summed E-state index contributed by atoms with van der Waals surface area (Å²) in [5.74, 6) is 2.89. The second kappa shape index (κ2) is 13.9. The van der Waals surface area contributed by atoms with Crippen LogP contribution in [0, 0.1) is 18.7 Å². The third kappa shape index (κ3) is 6.08. The topological polar surface area (TPSA) is 76.6 Å². The normalized spacial score (nSPS) is 25.3. The Balaban J connectivity index is 0.000000156. The van der Waals surface area contributed by atoms with Crippen LogP contribution in [0.4, 0.5) is 4.39 Å². The Morgan fingerprint density at radius 2 is 1.86 bits per heavy atom. The van der Waals surface area contributed by atoms with Gasteiger partial charge in [-0.2, -0.15) is 0 Å². The highest BCUT2D eigenvalue weighted by molar-refractivity contribution is 5.79. The van der Waals surface area contributed by atoms with Crippen LogP contribution in [-0.4, -0.2) is 70.9 Å². The molecule has 3 fully saturated rings. The first kappa shape index (κ1) is 33.6. The van der Waals surface area contributed by atoms with E-state index in [1.165, 1.54) is 57.2 Å². The summed E-state index contributed by atoms with van der Waals surface area (Å²) in [6, 6.07) is 12.2. The van der Waals surface area contributed by atoms with Crippen molar-refractivity contribution in [2.45, 2.75) is 108 Å². The summed E-state index contributed by atoms with van der Waals surface area (Å²) >= 11 is 0. The molecule has 3 atom stereocenters. The molecule has 0 unspecified atom stereocenters. The first-order valence-corrected chi connectivity index (χ1v) is 19.1. The molecule has 5 aliphatic rings. The predicted octanol–water partition coefficient (Wildman–Crippen LogP) is 6.97. The lowest BCUT2D eigenvalue weighted by Crippen LogP contribution is -2.59. The Hall–Kier alpha value is -3.56. The first-order valence-electron chi connectivity index (χ1n) is 19.1. The first-order chi connectivity index (χ1) is 24.3. The van der Waals surface area contributed by atoms with Crippen molar-refractivity contribution in [2.24, 2.45) is 5.92 Å². The van der Waals surface area contributed by atoms with Gasteiger partial charge in [0.15, 0.2) is 5.58 Å². The molecule has 0 amide bonds. The van der Waals surface area contributed by atoms with Crippen LogP contribution in [0.1, 0.15) is 97.6 Å². The standard InChI is InChI=1S/C23H27FN4O2.C18H25NO/c1-15-18(23(29)28-10-3-2-4-21(28)25-15)9-13-27-11-7-16(8-12-27)22-19-6-5-17(24)14-20(19)30-26-22;1-19-10-9-18-8-4-3-5-15(18)17(19)11-13-6-7-14(20-2)12-16(13)18/h5-6,14,16H,2-4,7-13H2,1H3;6-7,12,15,17H,3-5,8-11H2,1-2H3/t;15-,17+,18+/m.1/s1. The maximum Gasteiger partial charge on any atom is 0.256 e. The van der Waals surface area contributed by atoms with Gasteiger partial charge in [-0.15, -0.1) is 0 Å². The van der Waals surface area contributed by atoms with Crippen molar-refractivity contribution in [3.8, 4) is 5.75 Å². The molecule has 50 heavy (non-hydrogen) atoms. The van der Waals surface area contributed by atoms with Gasteiger partial charge >= 0.3 is 0 Å². The van der Waals surface area contributed by atoms with Crippen molar-refractivity contribution in [1.29, 1.82) is 0 Å². The predicted molar refractivity (Wildman–Crippen MR) is 194 cm³/mol. The van der Waals surface area contributed by atoms with Crippen LogP contribution < -0.4 is 10.3 Å². The van der Waals surface area contributed by atoms with Gasteiger partial charge in [0.2, 0.25) is 0 Å². The van der Waals surface area contributed by atoms with Crippen molar-refractivity contribution in [2.75, 3.05) is 40.3 Å². The number of hydrogen-bond donors (Lipinski definition) is 0. The third-order valence-corrected chi connectivity index (χ3v) is 13.0. The number of likely N-dealkylation sites (N-methyl/N-ethyl adjacent to an activating group) is 1. The summed E-state index contributed by atoms with van der Waals surface area (Å²) in [5, 5.41) is 5.15. The van der Waals surface area contributed by atoms with E-state index in [1.807, 2.05) is 11.5 Å². The average molecular weight is 682 g/mol. The van der Waals surface area contributed by atoms with Gasteiger partial charge in [-0.05, 0) is 133 Å². The van der Waals surface area contributed by atoms with Crippen LogP contribution in [0.2, 0.25) is 0 Å². The van der Waals surface area contributed by atoms with Crippen LogP contribution in [0.5, 0.6) is 5.75 Å². The van der Waals surface area contributed by atoms with Gasteiger partial charge in [-0.1, -0.05) is 24.1 Å². The van der Waals surface area contributed by atoms with E-state index in [0.717, 1.165) is 111 Å². The number of aromatic nitrogens is 3. The highest BCUT2D eigenvalue weighted by Crippen LogP contribution is 2.56. The Labute approximate surface area is 295 Å². The van der Waals surface area contributed by atoms with Crippen LogP contribution in [0.25, 0.3) is 11.0 Å². The van der Waals surface area contributed by atoms with Gasteiger partial charge in [0.1, 0.15) is 17.4 Å². The fraction of sp³-hybridized carbons (Fsp3) is 0.585. The molecule has 9 heteroatoms. The minimum atomic E-state index is -0.303. The maximum atomic E-state index is 13.4. The molecular weight excluding hydrogens is 629 g/mol. The number of hydrogen-bond acceptors (Lipinski definition) is 7. The molecule has 2 bridgehead atoms. The highest BCUT2D eigenvalue weighted by Gasteiger charge is 2.53. The van der Waals surface area contributed by atoms with Crippen LogP contribution in [-0.2, 0) is 31.2 Å². The molecule has 4 aromatic rings. The number of ether oxygens (including phenoxy) is 1. The van der Waals surface area contributed by atoms with E-state index in [-0.39, 0.29) is 11.4 Å². The third-order valence-electron chi connectivity index (χ3n) is 13.0. The molecule has 2 aromatic carbocycles. The molecule has 266 valence electrons. The molecule has 8 nitrogen and oxygen atoms in total. The molecule has 2 aromatic heterocycles. The molecule has 0 spiro atoms. The van der Waals surface area contributed by atoms with Gasteiger partial charge in [0.05, 0.1) is 12.8 Å². The van der Waals surface area contributed by atoms with E-state index >= 15 is 0 Å². The zero-order chi connectivity index (χ0) is 34.4. The molecule has 2 saturated heterocycles. The van der Waals surface area contributed by atoms with E-state index in [9.17, 15) is 9.18 Å². The summed E-state index contributed by atoms with van der Waals surface area (Å²) in [4.78, 5) is 22.7. The van der Waals surface area contributed by atoms with E-state index in [2.05, 4.69) is 40.2 Å². The second-order valence-corrected chi connectivity index (χ2v) is 15.6. The molecule has 1 saturated carbocycles. The molecule has 9 rings (SSSR count). The van der Waals surface area contributed by atoms with Gasteiger partial charge in [-0.25, -0.2) is 9.37 Å². The van der Waals surface area contributed by atoms with Crippen molar-refractivity contribution >= 4 is 11.0 Å². The van der Waals surface area contributed by atoms with Crippen molar-refractivity contribution < 1.29 is 13.7 Å². The summed E-state index contributed by atoms with van der Waals surface area (Å²) in [5.41, 5.74) is 7.05. The van der Waals surface area contributed by atoms with Crippen LogP contribution >= 0.6 is 0 Å². The molecule has 0 radical (unpaired) electrons.